The van der Waals surface area contributed by atoms with Crippen LogP contribution < -0.4 is 53.6 Å². The molecule has 2 rings (SSSR count). The number of hydrogen-bond donors (Lipinski definition) is 11. The third-order valence-corrected chi connectivity index (χ3v) is 8.22. The van der Waals surface area contributed by atoms with E-state index in [9.17, 15) is 52.7 Å². The maximum absolute atomic E-state index is 12.7. The molecule has 0 aromatic rings. The van der Waals surface area contributed by atoms with Crippen molar-refractivity contribution >= 4 is 65.0 Å². The lowest BCUT2D eigenvalue weighted by atomic mass is 10.1. The van der Waals surface area contributed by atoms with Crippen LogP contribution in [0.25, 0.3) is 0 Å². The average molecular weight is 768 g/mol. The van der Waals surface area contributed by atoms with E-state index in [4.69, 9.17) is 10.8 Å². The number of carboxylic acid groups (broad SMARTS) is 1. The third kappa shape index (κ3) is 15.8. The fourth-order valence-electron chi connectivity index (χ4n) is 5.36. The van der Waals surface area contributed by atoms with Crippen LogP contribution in [0.5, 0.6) is 0 Å². The number of aliphatic carboxylic acids is 1. The van der Waals surface area contributed by atoms with Crippen LogP contribution in [0.15, 0.2) is 0 Å². The highest BCUT2D eigenvalue weighted by molar-refractivity contribution is 5.96. The van der Waals surface area contributed by atoms with E-state index in [2.05, 4.69) is 47.9 Å². The second-order valence-corrected chi connectivity index (χ2v) is 12.6. The molecule has 0 aromatic carbocycles. The second-order valence-electron chi connectivity index (χ2n) is 12.6. The SMILES string of the molecule is CC(NC(=O)CNC(=O)C(C)NC(=O)CNC(=O)C(CCC(N)=O)NC(=O)CNC(=O)C1CCCN1)C(=O)NCC(=O)N1CCCC1C(=O)NCC(=O)O. The number of likely N-dealkylation sites (tertiary alicyclic amines) is 1. The number of carbonyl (C=O) groups excluding carboxylic acids is 10. The summed E-state index contributed by atoms with van der Waals surface area (Å²) in [4.78, 5) is 135. The summed E-state index contributed by atoms with van der Waals surface area (Å²) in [6.45, 7) is 0.788. The van der Waals surface area contributed by atoms with E-state index in [0.29, 0.717) is 25.8 Å². The van der Waals surface area contributed by atoms with Crippen molar-refractivity contribution in [2.24, 2.45) is 5.73 Å². The lowest BCUT2D eigenvalue weighted by molar-refractivity contribution is -0.141. The number of carbonyl (C=O) groups is 11. The van der Waals surface area contributed by atoms with Gasteiger partial charge in [-0.2, -0.15) is 0 Å². The van der Waals surface area contributed by atoms with Gasteiger partial charge in [0.1, 0.15) is 30.7 Å². The summed E-state index contributed by atoms with van der Waals surface area (Å²) in [7, 11) is 0. The molecule has 23 heteroatoms. The summed E-state index contributed by atoms with van der Waals surface area (Å²) in [6.07, 6.45) is 1.80. The van der Waals surface area contributed by atoms with Gasteiger partial charge in [-0.05, 0) is 52.5 Å². The number of carboxylic acids is 1. The van der Waals surface area contributed by atoms with E-state index >= 15 is 0 Å². The molecule has 23 nitrogen and oxygen atoms in total. The Morgan fingerprint density at radius 2 is 1.22 bits per heavy atom. The highest BCUT2D eigenvalue weighted by Crippen LogP contribution is 2.17. The minimum Gasteiger partial charge on any atom is -0.480 e. The smallest absolute Gasteiger partial charge is 0.322 e. The van der Waals surface area contributed by atoms with E-state index in [1.54, 1.807) is 0 Å². The minimum absolute atomic E-state index is 0.192. The monoisotopic (exact) mass is 767 g/mol. The Morgan fingerprint density at radius 3 is 1.78 bits per heavy atom. The topological polar surface area (TPSA) is 346 Å². The lowest BCUT2D eigenvalue weighted by Crippen LogP contribution is -2.54. The fraction of sp³-hybridized carbons (Fsp3) is 0.645. The Hall–Kier alpha value is -5.87. The van der Waals surface area contributed by atoms with Crippen LogP contribution in [-0.4, -0.2) is 151 Å². The molecule has 5 atom stereocenters. The summed E-state index contributed by atoms with van der Waals surface area (Å²) in [5, 5.41) is 30.3. The Kier molecular flexibility index (Phi) is 18.3. The Labute approximate surface area is 309 Å². The van der Waals surface area contributed by atoms with Gasteiger partial charge < -0.3 is 63.6 Å². The molecule has 54 heavy (non-hydrogen) atoms. The number of nitrogens with zero attached hydrogens (tertiary/aromatic N) is 1. The molecule has 0 spiro atoms. The molecule has 10 amide bonds. The highest BCUT2D eigenvalue weighted by Gasteiger charge is 2.34. The number of primary amides is 1. The van der Waals surface area contributed by atoms with Gasteiger partial charge in [-0.25, -0.2) is 0 Å². The van der Waals surface area contributed by atoms with Crippen LogP contribution in [0.3, 0.4) is 0 Å². The van der Waals surface area contributed by atoms with Crippen molar-refractivity contribution in [2.45, 2.75) is 82.6 Å². The normalized spacial score (nSPS) is 17.8. The molecule has 0 saturated carbocycles. The quantitative estimate of drug-likeness (QED) is 0.0518. The van der Waals surface area contributed by atoms with Crippen molar-refractivity contribution in [2.75, 3.05) is 45.8 Å². The van der Waals surface area contributed by atoms with Gasteiger partial charge in [-0.1, -0.05) is 0 Å². The van der Waals surface area contributed by atoms with Gasteiger partial charge in [0, 0.05) is 13.0 Å². The predicted molar refractivity (Wildman–Crippen MR) is 184 cm³/mol. The van der Waals surface area contributed by atoms with E-state index in [0.717, 1.165) is 6.42 Å². The van der Waals surface area contributed by atoms with E-state index in [-0.39, 0.29) is 25.3 Å². The van der Waals surface area contributed by atoms with Crippen molar-refractivity contribution in [3.63, 3.8) is 0 Å². The average Bonchev–Trinajstić information content (AvgIpc) is 3.85. The standard InChI is InChI=1S/C31H49N11O12/c1-16(39-23(45)12-36-30(53)19(7-8-21(32)43)41-24(46)13-35-29(52)18-5-3-9-33-18)27(50)34-11-22(44)40-17(2)28(51)37-14-25(47)42-10-4-6-20(42)31(54)38-15-26(48)49/h16-20,33H,3-15H2,1-2H3,(H2,32,43)(H,34,50)(H,35,52)(H,36,53)(H,37,51)(H,38,54)(H,39,45)(H,40,44)(H,41,46)(H,48,49). The third-order valence-electron chi connectivity index (χ3n) is 8.22. The number of amides is 10. The molecule has 2 aliphatic heterocycles. The molecule has 0 bridgehead atoms. The second kappa shape index (κ2) is 22.3. The molecular weight excluding hydrogens is 718 g/mol. The molecule has 2 aliphatic rings. The maximum Gasteiger partial charge on any atom is 0.322 e. The van der Waals surface area contributed by atoms with E-state index in [1.165, 1.54) is 18.7 Å². The summed E-state index contributed by atoms with van der Waals surface area (Å²) in [5.41, 5.74) is 5.16. The fourth-order valence-corrected chi connectivity index (χ4v) is 5.36. The van der Waals surface area contributed by atoms with E-state index in [1.807, 2.05) is 0 Å². The van der Waals surface area contributed by atoms with Crippen LogP contribution in [0.1, 0.15) is 52.4 Å². The van der Waals surface area contributed by atoms with Gasteiger partial charge in [0.25, 0.3) is 0 Å². The first-order valence-electron chi connectivity index (χ1n) is 17.3. The Bertz CT molecular complexity index is 1450. The van der Waals surface area contributed by atoms with Gasteiger partial charge in [-0.15, -0.1) is 0 Å². The zero-order valence-corrected chi connectivity index (χ0v) is 30.0. The van der Waals surface area contributed by atoms with Crippen LogP contribution >= 0.6 is 0 Å². The first-order valence-corrected chi connectivity index (χ1v) is 17.3. The Balaban J connectivity index is 1.72. The van der Waals surface area contributed by atoms with Crippen LogP contribution in [0.4, 0.5) is 0 Å². The van der Waals surface area contributed by atoms with Crippen molar-refractivity contribution in [3.05, 3.63) is 0 Å². The molecule has 0 aromatic heterocycles. The van der Waals surface area contributed by atoms with Crippen molar-refractivity contribution in [3.8, 4) is 0 Å². The first-order chi connectivity index (χ1) is 25.5. The molecule has 12 N–H and O–H groups in total. The van der Waals surface area contributed by atoms with Crippen molar-refractivity contribution in [1.29, 1.82) is 0 Å². The highest BCUT2D eigenvalue weighted by atomic mass is 16.4. The lowest BCUT2D eigenvalue weighted by Gasteiger charge is -2.24. The van der Waals surface area contributed by atoms with Gasteiger partial charge in [0.15, 0.2) is 0 Å². The molecule has 2 fully saturated rings. The van der Waals surface area contributed by atoms with Crippen LogP contribution in [0, 0.1) is 0 Å². The number of hydrogen-bond acceptors (Lipinski definition) is 12. The van der Waals surface area contributed by atoms with Crippen LogP contribution in [0.2, 0.25) is 0 Å². The minimum atomic E-state index is -1.27. The predicted octanol–water partition coefficient (Wildman–Crippen LogP) is -6.85. The van der Waals surface area contributed by atoms with Gasteiger partial charge in [0.05, 0.1) is 32.2 Å². The maximum atomic E-state index is 12.7. The van der Waals surface area contributed by atoms with Gasteiger partial charge in [-0.3, -0.25) is 52.7 Å². The largest absolute Gasteiger partial charge is 0.480 e. The zero-order valence-electron chi connectivity index (χ0n) is 30.0. The Morgan fingerprint density at radius 1 is 0.685 bits per heavy atom. The zero-order chi connectivity index (χ0) is 40.4. The number of rotatable bonds is 21. The molecule has 2 saturated heterocycles. The summed E-state index contributed by atoms with van der Waals surface area (Å²) < 4.78 is 0. The van der Waals surface area contributed by atoms with E-state index < -0.39 is 122 Å². The molecule has 2 heterocycles. The molecule has 5 unspecified atom stereocenters. The number of nitrogens with two attached hydrogens (primary N) is 1. The van der Waals surface area contributed by atoms with Crippen LogP contribution in [-0.2, 0) is 52.7 Å². The van der Waals surface area contributed by atoms with Gasteiger partial charge >= 0.3 is 5.97 Å². The summed E-state index contributed by atoms with van der Waals surface area (Å²) in [5.74, 6) is -8.24. The van der Waals surface area contributed by atoms with Crippen molar-refractivity contribution < 1.29 is 57.8 Å². The number of nitrogens with one attached hydrogen (secondary N) is 9. The summed E-state index contributed by atoms with van der Waals surface area (Å²) in [6, 6.07) is -4.89. The van der Waals surface area contributed by atoms with Crippen molar-refractivity contribution in [1.82, 2.24) is 52.8 Å². The molecule has 0 radical (unpaired) electrons. The molecular formula is C31H49N11O12. The molecule has 300 valence electrons. The first kappa shape index (κ1) is 44.3. The summed E-state index contributed by atoms with van der Waals surface area (Å²) >= 11 is 0. The molecule has 0 aliphatic carbocycles. The van der Waals surface area contributed by atoms with Gasteiger partial charge in [0.2, 0.25) is 59.1 Å².